The number of hydrogen-bond donors (Lipinski definition) is 0. The Morgan fingerprint density at radius 3 is 2.05 bits per heavy atom. The van der Waals surface area contributed by atoms with E-state index in [0.29, 0.717) is 37.8 Å². The fourth-order valence-corrected chi connectivity index (χ4v) is 4.99. The summed E-state index contributed by atoms with van der Waals surface area (Å²) in [4.78, 5) is 12.2. The standard InChI is InChI=1S/C28H28ClF6NO3/c1-19(20-13-22(27(30,31)32)15-23(14-20)28(33,34)35)39-18-26(21-5-3-2-4-6-21)9-7-25(17-36,8-10-26)16-24(37)38-12-11-29/h2-6,13-15,19H,7-12,16,18H2,1H3/t19-,25?,26?/m1/s1. The summed E-state index contributed by atoms with van der Waals surface area (Å²) < 4.78 is 91.1. The first-order valence-electron chi connectivity index (χ1n) is 12.3. The summed E-state index contributed by atoms with van der Waals surface area (Å²) in [6, 6.07) is 12.9. The lowest BCUT2D eigenvalue weighted by atomic mass is 9.61. The first-order chi connectivity index (χ1) is 18.2. The fraction of sp³-hybridized carbons (Fsp3) is 0.500. The van der Waals surface area contributed by atoms with Crippen molar-refractivity contribution in [3.8, 4) is 6.07 Å². The van der Waals surface area contributed by atoms with Gasteiger partial charge in [0.25, 0.3) is 0 Å². The number of nitrogens with zero attached hydrogens (tertiary/aromatic N) is 1. The maximum absolute atomic E-state index is 13.3. The summed E-state index contributed by atoms with van der Waals surface area (Å²) in [5, 5.41) is 9.91. The molecule has 2 aromatic rings. The van der Waals surface area contributed by atoms with E-state index in [0.717, 1.165) is 5.56 Å². The van der Waals surface area contributed by atoms with Crippen molar-refractivity contribution in [3.63, 3.8) is 0 Å². The zero-order valence-corrected chi connectivity index (χ0v) is 21.9. The van der Waals surface area contributed by atoms with Crippen LogP contribution in [0.15, 0.2) is 48.5 Å². The van der Waals surface area contributed by atoms with E-state index in [4.69, 9.17) is 21.1 Å². The third-order valence-corrected chi connectivity index (χ3v) is 7.45. The van der Waals surface area contributed by atoms with Gasteiger partial charge in [0.2, 0.25) is 0 Å². The maximum Gasteiger partial charge on any atom is 0.416 e. The van der Waals surface area contributed by atoms with Crippen LogP contribution in [-0.2, 0) is 32.0 Å². The van der Waals surface area contributed by atoms with Crippen molar-refractivity contribution >= 4 is 17.6 Å². The molecule has 1 aliphatic carbocycles. The van der Waals surface area contributed by atoms with Gasteiger partial charge in [0.15, 0.2) is 0 Å². The summed E-state index contributed by atoms with van der Waals surface area (Å²) in [5.74, 6) is -0.395. The van der Waals surface area contributed by atoms with Crippen molar-refractivity contribution in [3.05, 3.63) is 70.8 Å². The van der Waals surface area contributed by atoms with Crippen LogP contribution >= 0.6 is 11.6 Å². The van der Waals surface area contributed by atoms with E-state index in [9.17, 15) is 36.4 Å². The fourth-order valence-electron chi connectivity index (χ4n) is 4.92. The molecule has 1 fully saturated rings. The Kier molecular flexibility index (Phi) is 9.60. The number of ether oxygens (including phenoxy) is 2. The Hall–Kier alpha value is -2.77. The smallest absolute Gasteiger partial charge is 0.416 e. The molecule has 0 N–H and O–H groups in total. The van der Waals surface area contributed by atoms with Crippen molar-refractivity contribution < 1.29 is 40.6 Å². The average Bonchev–Trinajstić information content (AvgIpc) is 2.90. The van der Waals surface area contributed by atoms with Gasteiger partial charge in [-0.25, -0.2) is 0 Å². The van der Waals surface area contributed by atoms with Crippen LogP contribution in [0.1, 0.15) is 67.4 Å². The Balaban J connectivity index is 1.85. The van der Waals surface area contributed by atoms with Crippen molar-refractivity contribution in [1.29, 1.82) is 5.26 Å². The summed E-state index contributed by atoms with van der Waals surface area (Å²) >= 11 is 5.56. The first kappa shape index (κ1) is 30.8. The van der Waals surface area contributed by atoms with Crippen molar-refractivity contribution in [2.45, 2.75) is 62.9 Å². The lowest BCUT2D eigenvalue weighted by molar-refractivity contribution is -0.146. The van der Waals surface area contributed by atoms with Crippen LogP contribution in [0.4, 0.5) is 26.3 Å². The molecule has 0 aromatic heterocycles. The molecule has 212 valence electrons. The summed E-state index contributed by atoms with van der Waals surface area (Å²) in [5.41, 5.74) is -3.81. The number of halogens is 7. The molecule has 0 bridgehead atoms. The molecule has 39 heavy (non-hydrogen) atoms. The minimum absolute atomic E-state index is 0.00597. The second-order valence-corrected chi connectivity index (χ2v) is 10.3. The highest BCUT2D eigenvalue weighted by atomic mass is 35.5. The quantitative estimate of drug-likeness (QED) is 0.173. The molecule has 3 rings (SSSR count). The van der Waals surface area contributed by atoms with Gasteiger partial charge in [0.05, 0.1) is 47.6 Å². The van der Waals surface area contributed by atoms with Crippen molar-refractivity contribution in [2.24, 2.45) is 5.41 Å². The molecule has 1 aliphatic rings. The lowest BCUT2D eigenvalue weighted by Gasteiger charge is -2.44. The van der Waals surface area contributed by atoms with Gasteiger partial charge >= 0.3 is 18.3 Å². The molecule has 0 amide bonds. The lowest BCUT2D eigenvalue weighted by Crippen LogP contribution is -2.41. The highest BCUT2D eigenvalue weighted by Gasteiger charge is 2.46. The number of carbonyl (C=O) groups excluding carboxylic acids is 1. The van der Waals surface area contributed by atoms with Crippen LogP contribution in [-0.4, -0.2) is 25.1 Å². The van der Waals surface area contributed by atoms with Gasteiger partial charge in [0.1, 0.15) is 6.61 Å². The number of benzene rings is 2. The van der Waals surface area contributed by atoms with E-state index in [2.05, 4.69) is 6.07 Å². The van der Waals surface area contributed by atoms with E-state index >= 15 is 0 Å². The summed E-state index contributed by atoms with van der Waals surface area (Å²) in [7, 11) is 0. The molecule has 2 aromatic carbocycles. The number of esters is 1. The van der Waals surface area contributed by atoms with Crippen LogP contribution in [0.25, 0.3) is 0 Å². The minimum atomic E-state index is -4.96. The molecule has 11 heteroatoms. The zero-order valence-electron chi connectivity index (χ0n) is 21.2. The summed E-state index contributed by atoms with van der Waals surface area (Å²) in [6.45, 7) is 1.44. The van der Waals surface area contributed by atoms with Crippen LogP contribution < -0.4 is 0 Å². The van der Waals surface area contributed by atoms with Crippen LogP contribution in [0.2, 0.25) is 0 Å². The van der Waals surface area contributed by atoms with Crippen molar-refractivity contribution in [1.82, 2.24) is 0 Å². The third-order valence-electron chi connectivity index (χ3n) is 7.30. The Bertz CT molecular complexity index is 1140. The van der Waals surface area contributed by atoms with Gasteiger partial charge < -0.3 is 9.47 Å². The highest BCUT2D eigenvalue weighted by Crippen LogP contribution is 2.49. The molecule has 0 spiro atoms. The van der Waals surface area contributed by atoms with Crippen molar-refractivity contribution in [2.75, 3.05) is 19.1 Å². The molecule has 1 atom stereocenters. The molecule has 0 heterocycles. The third kappa shape index (κ3) is 7.67. The molecule has 0 aliphatic heterocycles. The van der Waals surface area contributed by atoms with Crippen LogP contribution in [0.3, 0.4) is 0 Å². The number of carbonyl (C=O) groups is 1. The second-order valence-electron chi connectivity index (χ2n) is 9.92. The van der Waals surface area contributed by atoms with Gasteiger partial charge in [-0.2, -0.15) is 31.6 Å². The SMILES string of the molecule is C[C@@H](OCC1(c2ccccc2)CCC(C#N)(CC(=O)OCCCl)CC1)c1cc(C(F)(F)F)cc(C(F)(F)F)c1. The molecular weight excluding hydrogens is 548 g/mol. The van der Waals surface area contributed by atoms with Crippen LogP contribution in [0, 0.1) is 16.7 Å². The van der Waals surface area contributed by atoms with E-state index in [1.165, 1.54) is 6.92 Å². The Morgan fingerprint density at radius 1 is 1.00 bits per heavy atom. The minimum Gasteiger partial charge on any atom is -0.464 e. The van der Waals surface area contributed by atoms with E-state index in [1.54, 1.807) is 0 Å². The van der Waals surface area contributed by atoms with Crippen LogP contribution in [0.5, 0.6) is 0 Å². The zero-order chi connectivity index (χ0) is 28.9. The second kappa shape index (κ2) is 12.2. The average molecular weight is 576 g/mol. The molecular formula is C28H28ClF6NO3. The molecule has 4 nitrogen and oxygen atoms in total. The van der Waals surface area contributed by atoms with E-state index in [-0.39, 0.29) is 37.1 Å². The maximum atomic E-state index is 13.3. The number of nitriles is 1. The monoisotopic (exact) mass is 575 g/mol. The number of hydrogen-bond acceptors (Lipinski definition) is 4. The number of alkyl halides is 7. The van der Waals surface area contributed by atoms with Gasteiger partial charge in [0, 0.05) is 5.41 Å². The normalized spacial score (nSPS) is 22.6. The topological polar surface area (TPSA) is 59.3 Å². The Labute approximate surface area is 227 Å². The predicted molar refractivity (Wildman–Crippen MR) is 132 cm³/mol. The molecule has 0 unspecified atom stereocenters. The largest absolute Gasteiger partial charge is 0.464 e. The molecule has 0 saturated heterocycles. The highest BCUT2D eigenvalue weighted by molar-refractivity contribution is 6.18. The van der Waals surface area contributed by atoms with Gasteiger partial charge in [-0.1, -0.05) is 30.3 Å². The Morgan fingerprint density at radius 2 is 1.56 bits per heavy atom. The van der Waals surface area contributed by atoms with Gasteiger partial charge in [-0.3, -0.25) is 4.79 Å². The van der Waals surface area contributed by atoms with Gasteiger partial charge in [-0.15, -0.1) is 11.6 Å². The van der Waals surface area contributed by atoms with Gasteiger partial charge in [-0.05, 0) is 61.9 Å². The van der Waals surface area contributed by atoms with E-state index in [1.807, 2.05) is 30.3 Å². The number of rotatable bonds is 9. The summed E-state index contributed by atoms with van der Waals surface area (Å²) in [6.07, 6.45) is -9.63. The molecule has 0 radical (unpaired) electrons. The predicted octanol–water partition coefficient (Wildman–Crippen LogP) is 8.00. The molecule has 1 saturated carbocycles. The first-order valence-corrected chi connectivity index (χ1v) is 12.9. The van der Waals surface area contributed by atoms with E-state index < -0.39 is 46.4 Å².